The Morgan fingerprint density at radius 1 is 1.22 bits per heavy atom. The van der Waals surface area contributed by atoms with Crippen LogP contribution in [0.15, 0.2) is 28.9 Å². The molecule has 120 valence electrons. The SMILES string of the molecule is Cc1nonc1CN1CCC(Cc2nc3ccccc3[nH]2)CC1. The quantitative estimate of drug-likeness (QED) is 0.802. The number of benzene rings is 1. The van der Waals surface area contributed by atoms with Crippen LogP contribution in [0.4, 0.5) is 0 Å². The van der Waals surface area contributed by atoms with Gasteiger partial charge in [0.15, 0.2) is 0 Å². The number of nitrogens with one attached hydrogen (secondary N) is 1. The molecular formula is C17H21N5O. The molecule has 1 aliphatic heterocycles. The molecule has 6 heteroatoms. The van der Waals surface area contributed by atoms with Crippen molar-refractivity contribution in [3.63, 3.8) is 0 Å². The number of hydrogen-bond acceptors (Lipinski definition) is 5. The van der Waals surface area contributed by atoms with Crippen LogP contribution in [0.5, 0.6) is 0 Å². The Hall–Kier alpha value is -2.21. The van der Waals surface area contributed by atoms with E-state index in [2.05, 4.69) is 32.3 Å². The number of likely N-dealkylation sites (tertiary alicyclic amines) is 1. The maximum Gasteiger partial charge on any atom is 0.122 e. The largest absolute Gasteiger partial charge is 0.342 e. The third-order valence-electron chi connectivity index (χ3n) is 4.75. The molecule has 3 aromatic rings. The minimum Gasteiger partial charge on any atom is -0.342 e. The summed E-state index contributed by atoms with van der Waals surface area (Å²) in [5.74, 6) is 1.81. The number of aromatic amines is 1. The van der Waals surface area contributed by atoms with Crippen LogP contribution in [0.3, 0.4) is 0 Å². The highest BCUT2D eigenvalue weighted by atomic mass is 16.6. The number of piperidine rings is 1. The number of aromatic nitrogens is 4. The van der Waals surface area contributed by atoms with Gasteiger partial charge in [-0.25, -0.2) is 9.61 Å². The van der Waals surface area contributed by atoms with E-state index < -0.39 is 0 Å². The van der Waals surface area contributed by atoms with Crippen LogP contribution in [0.2, 0.25) is 0 Å². The maximum atomic E-state index is 4.78. The van der Waals surface area contributed by atoms with Crippen LogP contribution in [0.25, 0.3) is 11.0 Å². The molecule has 4 rings (SSSR count). The van der Waals surface area contributed by atoms with Crippen molar-refractivity contribution in [3.05, 3.63) is 41.5 Å². The molecule has 0 aliphatic carbocycles. The van der Waals surface area contributed by atoms with Gasteiger partial charge in [0.05, 0.1) is 11.0 Å². The summed E-state index contributed by atoms with van der Waals surface area (Å²) in [6.07, 6.45) is 3.43. The summed E-state index contributed by atoms with van der Waals surface area (Å²) < 4.78 is 4.78. The predicted molar refractivity (Wildman–Crippen MR) is 86.8 cm³/mol. The van der Waals surface area contributed by atoms with Crippen molar-refractivity contribution in [2.45, 2.75) is 32.7 Å². The Kier molecular flexibility index (Phi) is 3.83. The van der Waals surface area contributed by atoms with E-state index in [1.807, 2.05) is 19.1 Å². The van der Waals surface area contributed by atoms with Crippen LogP contribution in [0, 0.1) is 12.8 Å². The third kappa shape index (κ3) is 3.12. The molecule has 23 heavy (non-hydrogen) atoms. The molecule has 1 aliphatic rings. The second-order valence-corrected chi connectivity index (χ2v) is 6.42. The van der Waals surface area contributed by atoms with Gasteiger partial charge in [-0.3, -0.25) is 4.90 Å². The molecule has 3 heterocycles. The van der Waals surface area contributed by atoms with Gasteiger partial charge in [-0.2, -0.15) is 0 Å². The molecule has 0 atom stereocenters. The van der Waals surface area contributed by atoms with Crippen molar-refractivity contribution in [2.24, 2.45) is 5.92 Å². The standard InChI is InChI=1S/C17H21N5O/c1-12-16(21-23-20-12)11-22-8-6-13(7-9-22)10-17-18-14-4-2-3-5-15(14)19-17/h2-5,13H,6-11H2,1H3,(H,18,19). The molecule has 0 unspecified atom stereocenters. The van der Waals surface area contributed by atoms with E-state index in [0.717, 1.165) is 54.3 Å². The Bertz CT molecular complexity index is 752. The maximum absolute atomic E-state index is 4.78. The smallest absolute Gasteiger partial charge is 0.122 e. The molecule has 6 nitrogen and oxygen atoms in total. The lowest BCUT2D eigenvalue weighted by atomic mass is 9.93. The fourth-order valence-electron chi connectivity index (χ4n) is 3.33. The van der Waals surface area contributed by atoms with Crippen molar-refractivity contribution in [1.29, 1.82) is 0 Å². The van der Waals surface area contributed by atoms with Crippen LogP contribution < -0.4 is 0 Å². The number of rotatable bonds is 4. The number of fused-ring (bicyclic) bond motifs is 1. The predicted octanol–water partition coefficient (Wildman–Crippen LogP) is 2.71. The van der Waals surface area contributed by atoms with Gasteiger partial charge in [0, 0.05) is 13.0 Å². The van der Waals surface area contributed by atoms with Crippen LogP contribution in [0.1, 0.15) is 30.1 Å². The van der Waals surface area contributed by atoms with Crippen LogP contribution >= 0.6 is 0 Å². The highest BCUT2D eigenvalue weighted by molar-refractivity contribution is 5.74. The minimum atomic E-state index is 0.698. The second kappa shape index (κ2) is 6.12. The van der Waals surface area contributed by atoms with Gasteiger partial charge in [-0.05, 0) is 50.9 Å². The van der Waals surface area contributed by atoms with Crippen molar-refractivity contribution in [2.75, 3.05) is 13.1 Å². The van der Waals surface area contributed by atoms with Crippen LogP contribution in [-0.2, 0) is 13.0 Å². The fourth-order valence-corrected chi connectivity index (χ4v) is 3.33. The molecule has 0 amide bonds. The number of para-hydroxylation sites is 2. The first-order chi connectivity index (χ1) is 11.3. The molecule has 0 bridgehead atoms. The second-order valence-electron chi connectivity index (χ2n) is 6.42. The van der Waals surface area contributed by atoms with E-state index in [9.17, 15) is 0 Å². The van der Waals surface area contributed by atoms with Gasteiger partial charge in [0.25, 0.3) is 0 Å². The zero-order chi connectivity index (χ0) is 15.6. The average Bonchev–Trinajstić information content (AvgIpc) is 3.15. The Morgan fingerprint density at radius 2 is 2.04 bits per heavy atom. The van der Waals surface area contributed by atoms with Gasteiger partial charge < -0.3 is 4.98 Å². The van der Waals surface area contributed by atoms with E-state index in [-0.39, 0.29) is 0 Å². The lowest BCUT2D eigenvalue weighted by Gasteiger charge is -2.31. The summed E-state index contributed by atoms with van der Waals surface area (Å²) in [6.45, 7) is 4.97. The van der Waals surface area contributed by atoms with Gasteiger partial charge in [-0.1, -0.05) is 22.4 Å². The van der Waals surface area contributed by atoms with Crippen molar-refractivity contribution in [1.82, 2.24) is 25.2 Å². The molecule has 0 saturated carbocycles. The average molecular weight is 311 g/mol. The third-order valence-corrected chi connectivity index (χ3v) is 4.75. The first kappa shape index (κ1) is 14.4. The number of H-pyrrole nitrogens is 1. The van der Waals surface area contributed by atoms with Gasteiger partial charge in [-0.15, -0.1) is 0 Å². The van der Waals surface area contributed by atoms with E-state index in [4.69, 9.17) is 9.61 Å². The number of nitrogens with zero attached hydrogens (tertiary/aromatic N) is 4. The Labute approximate surface area is 134 Å². The molecular weight excluding hydrogens is 290 g/mol. The molecule has 0 radical (unpaired) electrons. The van der Waals surface area contributed by atoms with Gasteiger partial charge in [0.2, 0.25) is 0 Å². The summed E-state index contributed by atoms with van der Waals surface area (Å²) in [5, 5.41) is 7.83. The lowest BCUT2D eigenvalue weighted by Crippen LogP contribution is -2.34. The molecule has 0 spiro atoms. The monoisotopic (exact) mass is 311 g/mol. The van der Waals surface area contributed by atoms with E-state index in [1.165, 1.54) is 12.8 Å². The normalized spacial score (nSPS) is 17.1. The summed E-state index contributed by atoms with van der Waals surface area (Å²) in [6, 6.07) is 8.23. The van der Waals surface area contributed by atoms with E-state index in [0.29, 0.717) is 5.92 Å². The summed E-state index contributed by atoms with van der Waals surface area (Å²) in [7, 11) is 0. The number of imidazole rings is 1. The zero-order valence-corrected chi connectivity index (χ0v) is 13.3. The Morgan fingerprint density at radius 3 is 2.78 bits per heavy atom. The first-order valence-corrected chi connectivity index (χ1v) is 8.22. The zero-order valence-electron chi connectivity index (χ0n) is 13.3. The molecule has 1 saturated heterocycles. The van der Waals surface area contributed by atoms with Gasteiger partial charge >= 0.3 is 0 Å². The lowest BCUT2D eigenvalue weighted by molar-refractivity contribution is 0.171. The summed E-state index contributed by atoms with van der Waals surface area (Å²) >= 11 is 0. The summed E-state index contributed by atoms with van der Waals surface area (Å²) in [5.41, 5.74) is 4.05. The van der Waals surface area contributed by atoms with Crippen LogP contribution in [-0.4, -0.2) is 38.3 Å². The van der Waals surface area contributed by atoms with E-state index in [1.54, 1.807) is 0 Å². The minimum absolute atomic E-state index is 0.698. The fraction of sp³-hybridized carbons (Fsp3) is 0.471. The molecule has 1 aromatic carbocycles. The number of aryl methyl sites for hydroxylation is 1. The molecule has 1 fully saturated rings. The van der Waals surface area contributed by atoms with E-state index >= 15 is 0 Å². The first-order valence-electron chi connectivity index (χ1n) is 8.22. The highest BCUT2D eigenvalue weighted by Crippen LogP contribution is 2.23. The van der Waals surface area contributed by atoms with Gasteiger partial charge in [0.1, 0.15) is 17.2 Å². The molecule has 2 aromatic heterocycles. The highest BCUT2D eigenvalue weighted by Gasteiger charge is 2.22. The topological polar surface area (TPSA) is 70.8 Å². The van der Waals surface area contributed by atoms with Crippen molar-refractivity contribution < 1.29 is 4.63 Å². The molecule has 1 N–H and O–H groups in total. The van der Waals surface area contributed by atoms with Crippen molar-refractivity contribution >= 4 is 11.0 Å². The number of hydrogen-bond donors (Lipinski definition) is 1. The Balaban J connectivity index is 1.33. The van der Waals surface area contributed by atoms with Crippen molar-refractivity contribution in [3.8, 4) is 0 Å². The summed E-state index contributed by atoms with van der Waals surface area (Å²) in [4.78, 5) is 10.6.